The molecule has 0 bridgehead atoms. The number of para-hydroxylation sites is 1. The van der Waals surface area contributed by atoms with E-state index in [4.69, 9.17) is 23.5 Å². The number of hydrogen-bond donors (Lipinski definition) is 0. The third kappa shape index (κ3) is 5.38. The zero-order valence-electron chi connectivity index (χ0n) is 38.9. The maximum absolute atomic E-state index is 10.3. The second-order valence-corrected chi connectivity index (χ2v) is 15.5. The van der Waals surface area contributed by atoms with Gasteiger partial charge < -0.3 is 8.98 Å². The van der Waals surface area contributed by atoms with Gasteiger partial charge in [0.1, 0.15) is 11.2 Å². The predicted octanol–water partition coefficient (Wildman–Crippen LogP) is 15.0. The third-order valence-electron chi connectivity index (χ3n) is 11.9. The minimum atomic E-state index is -0.466. The average molecular weight is 797 g/mol. The standard InChI is InChI=1S/C57H34N4O/c1-3-15-35(16-4-1)55-58-56(36-17-5-2-6-18-36)60-57(59-55)48-31-41(34-53-54(48)45-25-13-14-26-52(45)62-53)42-27-28-49(44-24-12-11-23-43(42)44)61-50-32-39-21-9-7-19-37(39)29-46(50)47-30-38-20-8-10-22-40(38)33-51(47)61/h1-34H/i13D,14D,25D,26D,31D,34D. The van der Waals surface area contributed by atoms with E-state index >= 15 is 0 Å². The van der Waals surface area contributed by atoms with Crippen molar-refractivity contribution in [3.05, 3.63) is 206 Å². The van der Waals surface area contributed by atoms with Crippen LogP contribution in [-0.4, -0.2) is 19.5 Å². The van der Waals surface area contributed by atoms with E-state index in [2.05, 4.69) is 89.5 Å². The van der Waals surface area contributed by atoms with Gasteiger partial charge in [-0.2, -0.15) is 0 Å². The molecule has 13 aromatic rings. The van der Waals surface area contributed by atoms with Crippen molar-refractivity contribution in [3.63, 3.8) is 0 Å². The van der Waals surface area contributed by atoms with Crippen molar-refractivity contribution >= 4 is 76.1 Å². The zero-order valence-corrected chi connectivity index (χ0v) is 32.9. The van der Waals surface area contributed by atoms with E-state index in [1.54, 1.807) is 0 Å². The van der Waals surface area contributed by atoms with Crippen molar-refractivity contribution < 1.29 is 12.6 Å². The van der Waals surface area contributed by atoms with Crippen LogP contribution < -0.4 is 0 Å². The van der Waals surface area contributed by atoms with Gasteiger partial charge in [0, 0.05) is 43.6 Å². The Balaban J connectivity index is 1.14. The fraction of sp³-hybridized carbons (Fsp3) is 0. The Bertz CT molecular complexity index is 4130. The summed E-state index contributed by atoms with van der Waals surface area (Å²) in [6, 6.07) is 54.8. The highest BCUT2D eigenvalue weighted by Gasteiger charge is 2.22. The minimum Gasteiger partial charge on any atom is -0.456 e. The van der Waals surface area contributed by atoms with Gasteiger partial charge in [0.15, 0.2) is 17.5 Å². The van der Waals surface area contributed by atoms with Crippen LogP contribution in [0.15, 0.2) is 211 Å². The van der Waals surface area contributed by atoms with Crippen molar-refractivity contribution in [1.29, 1.82) is 0 Å². The largest absolute Gasteiger partial charge is 0.456 e. The van der Waals surface area contributed by atoms with E-state index < -0.39 is 12.1 Å². The van der Waals surface area contributed by atoms with Crippen LogP contribution in [0.4, 0.5) is 0 Å². The van der Waals surface area contributed by atoms with Crippen molar-refractivity contribution in [2.75, 3.05) is 0 Å². The first-order valence-electron chi connectivity index (χ1n) is 23.4. The number of hydrogen-bond acceptors (Lipinski definition) is 4. The summed E-state index contributed by atoms with van der Waals surface area (Å²) in [7, 11) is 0. The molecule has 0 radical (unpaired) electrons. The summed E-state index contributed by atoms with van der Waals surface area (Å²) in [5.41, 5.74) is 5.25. The molecule has 0 aliphatic rings. The molecule has 0 aliphatic carbocycles. The topological polar surface area (TPSA) is 56.7 Å². The minimum absolute atomic E-state index is 0.00903. The average Bonchev–Trinajstić information content (AvgIpc) is 3.92. The molecule has 10 aromatic carbocycles. The van der Waals surface area contributed by atoms with Crippen LogP contribution in [0.2, 0.25) is 0 Å². The molecule has 0 saturated heterocycles. The van der Waals surface area contributed by atoms with Crippen LogP contribution in [-0.2, 0) is 0 Å². The van der Waals surface area contributed by atoms with E-state index in [1.807, 2.05) is 84.9 Å². The Kier molecular flexibility index (Phi) is 6.33. The van der Waals surface area contributed by atoms with E-state index in [0.717, 1.165) is 59.8 Å². The monoisotopic (exact) mass is 796 g/mol. The van der Waals surface area contributed by atoms with Crippen molar-refractivity contribution in [1.82, 2.24) is 19.5 Å². The van der Waals surface area contributed by atoms with Gasteiger partial charge >= 0.3 is 0 Å². The Hall–Kier alpha value is -8.41. The second kappa shape index (κ2) is 13.6. The third-order valence-corrected chi connectivity index (χ3v) is 11.9. The van der Waals surface area contributed by atoms with E-state index in [-0.39, 0.29) is 63.1 Å². The first-order valence-corrected chi connectivity index (χ1v) is 20.4. The summed E-state index contributed by atoms with van der Waals surface area (Å²) in [6.45, 7) is 0. The Morgan fingerprint density at radius 3 is 1.56 bits per heavy atom. The van der Waals surface area contributed by atoms with Crippen molar-refractivity contribution in [2.45, 2.75) is 0 Å². The molecular formula is C57H34N4O. The molecule has 0 unspecified atom stereocenters. The molecule has 62 heavy (non-hydrogen) atoms. The van der Waals surface area contributed by atoms with Crippen LogP contribution in [0.5, 0.6) is 0 Å². The van der Waals surface area contributed by atoms with Gasteiger partial charge in [0.05, 0.1) is 24.9 Å². The predicted molar refractivity (Wildman–Crippen MR) is 256 cm³/mol. The number of furan rings is 1. The van der Waals surface area contributed by atoms with Gasteiger partial charge in [-0.1, -0.05) is 158 Å². The molecule has 0 N–H and O–H groups in total. The molecule has 13 rings (SSSR count). The normalized spacial score (nSPS) is 13.2. The maximum Gasteiger partial charge on any atom is 0.164 e. The van der Waals surface area contributed by atoms with Crippen LogP contribution in [0, 0.1) is 0 Å². The van der Waals surface area contributed by atoms with Crippen LogP contribution in [0.3, 0.4) is 0 Å². The number of benzene rings is 10. The van der Waals surface area contributed by atoms with E-state index in [9.17, 15) is 4.11 Å². The van der Waals surface area contributed by atoms with E-state index in [0.29, 0.717) is 28.3 Å². The van der Waals surface area contributed by atoms with Gasteiger partial charge in [-0.05, 0) is 86.5 Å². The molecule has 0 atom stereocenters. The number of nitrogens with zero attached hydrogens (tertiary/aromatic N) is 4. The van der Waals surface area contributed by atoms with Crippen molar-refractivity contribution in [2.24, 2.45) is 0 Å². The molecule has 3 heterocycles. The lowest BCUT2D eigenvalue weighted by Gasteiger charge is -2.16. The molecule has 0 spiro atoms. The Labute approximate surface area is 364 Å². The highest BCUT2D eigenvalue weighted by molar-refractivity contribution is 6.18. The summed E-state index contributed by atoms with van der Waals surface area (Å²) < 4.78 is 64.4. The van der Waals surface area contributed by atoms with Crippen LogP contribution in [0.1, 0.15) is 8.22 Å². The fourth-order valence-electron chi connectivity index (χ4n) is 9.05. The summed E-state index contributed by atoms with van der Waals surface area (Å²) in [4.78, 5) is 14.9. The number of aromatic nitrogens is 4. The summed E-state index contributed by atoms with van der Waals surface area (Å²) in [5.74, 6) is 0.777. The van der Waals surface area contributed by atoms with E-state index in [1.165, 1.54) is 0 Å². The first-order chi connectivity index (χ1) is 33.2. The second-order valence-electron chi connectivity index (χ2n) is 15.5. The molecule has 3 aromatic heterocycles. The maximum atomic E-state index is 10.3. The smallest absolute Gasteiger partial charge is 0.164 e. The molecular weight excluding hydrogens is 757 g/mol. The highest BCUT2D eigenvalue weighted by atomic mass is 16.3. The molecule has 0 amide bonds. The lowest BCUT2D eigenvalue weighted by molar-refractivity contribution is 0.669. The van der Waals surface area contributed by atoms with Gasteiger partial charge in [-0.25, -0.2) is 15.0 Å². The molecule has 0 aliphatic heterocycles. The van der Waals surface area contributed by atoms with Gasteiger partial charge in [-0.15, -0.1) is 0 Å². The molecule has 5 heteroatoms. The summed E-state index contributed by atoms with van der Waals surface area (Å²) in [5, 5.41) is 8.62. The SMILES string of the molecule is [2H]c1c([2H])c([2H])c2c(oc3c([2H])c(-c4ccc(-n5c6cc7ccccc7cc6c6cc7ccccc7cc65)c5ccccc45)c([2H])c(-c4nc(-c5ccccc5)nc(-c5ccccc5)n4)c32)c1[2H]. The summed E-state index contributed by atoms with van der Waals surface area (Å²) >= 11 is 0. The van der Waals surface area contributed by atoms with Crippen molar-refractivity contribution in [3.8, 4) is 51.0 Å². The summed E-state index contributed by atoms with van der Waals surface area (Å²) in [6.07, 6.45) is 0. The molecule has 0 fully saturated rings. The molecule has 288 valence electrons. The zero-order chi connectivity index (χ0) is 45.9. The van der Waals surface area contributed by atoms with Crippen LogP contribution >= 0.6 is 0 Å². The Morgan fingerprint density at radius 1 is 0.403 bits per heavy atom. The molecule has 0 saturated carbocycles. The molecule has 5 nitrogen and oxygen atoms in total. The highest BCUT2D eigenvalue weighted by Crippen LogP contribution is 2.44. The lowest BCUT2D eigenvalue weighted by Crippen LogP contribution is -2.00. The van der Waals surface area contributed by atoms with Gasteiger partial charge in [0.2, 0.25) is 0 Å². The number of rotatable bonds is 5. The van der Waals surface area contributed by atoms with Crippen LogP contribution in [0.25, 0.3) is 127 Å². The Morgan fingerprint density at radius 2 is 0.935 bits per heavy atom. The number of fused-ring (bicyclic) bond motifs is 9. The lowest BCUT2D eigenvalue weighted by atomic mass is 9.93. The fourth-order valence-corrected chi connectivity index (χ4v) is 9.05. The quantitative estimate of drug-likeness (QED) is 0.174. The first kappa shape index (κ1) is 28.9. The van der Waals surface area contributed by atoms with Gasteiger partial charge in [-0.3, -0.25) is 0 Å². The van der Waals surface area contributed by atoms with Gasteiger partial charge in [0.25, 0.3) is 0 Å².